The fraction of sp³-hybridized carbons (Fsp3) is 0.125. The van der Waals surface area contributed by atoms with Crippen LogP contribution in [0.4, 0.5) is 4.39 Å². The van der Waals surface area contributed by atoms with Crippen LogP contribution in [-0.4, -0.2) is 10.1 Å². The number of rotatable bonds is 4. The molecule has 1 aliphatic rings. The summed E-state index contributed by atoms with van der Waals surface area (Å²) in [5.41, 5.74) is 8.80. The Kier molecular flexibility index (Phi) is 5.58. The van der Waals surface area contributed by atoms with Gasteiger partial charge in [-0.2, -0.15) is 0 Å². The fourth-order valence-corrected chi connectivity index (χ4v) is 3.54. The molecule has 3 aromatic rings. The monoisotopic (exact) mass is 403 g/mol. The maximum Gasteiger partial charge on any atom is 0.189 e. The van der Waals surface area contributed by atoms with Crippen molar-refractivity contribution in [2.24, 2.45) is 0 Å². The van der Waals surface area contributed by atoms with Crippen LogP contribution in [0, 0.1) is 12.7 Å². The summed E-state index contributed by atoms with van der Waals surface area (Å²) in [6.07, 6.45) is 2.12. The second-order valence-electron chi connectivity index (χ2n) is 7.07. The first-order valence-corrected chi connectivity index (χ1v) is 9.93. The van der Waals surface area contributed by atoms with Crippen LogP contribution >= 0.6 is 12.2 Å². The molecule has 0 amide bonds. The maximum atomic E-state index is 13.4. The Morgan fingerprint density at radius 3 is 2.38 bits per heavy atom. The highest BCUT2D eigenvalue weighted by atomic mass is 32.1. The molecule has 0 saturated carbocycles. The second kappa shape index (κ2) is 8.45. The Balaban J connectivity index is 1.58. The molecule has 1 heterocycles. The maximum absolute atomic E-state index is 13.4. The Bertz CT molecular complexity index is 1010. The number of nitrogens with one attached hydrogen (secondary N) is 2. The van der Waals surface area contributed by atoms with Crippen molar-refractivity contribution < 1.29 is 4.39 Å². The van der Waals surface area contributed by atoms with Crippen molar-refractivity contribution in [3.05, 3.63) is 113 Å². The minimum absolute atomic E-state index is 0.136. The van der Waals surface area contributed by atoms with Crippen LogP contribution in [0.5, 0.6) is 0 Å². The van der Waals surface area contributed by atoms with Crippen LogP contribution in [-0.2, 0) is 6.54 Å². The molecule has 146 valence electrons. The molecule has 4 rings (SSSR count). The molecule has 5 heteroatoms. The Morgan fingerprint density at radius 2 is 1.69 bits per heavy atom. The summed E-state index contributed by atoms with van der Waals surface area (Å²) in [6.45, 7) is 2.70. The largest absolute Gasteiger partial charge is 0.357 e. The summed E-state index contributed by atoms with van der Waals surface area (Å²) < 4.78 is 13.4. The van der Waals surface area contributed by atoms with Crippen LogP contribution in [0.25, 0.3) is 5.70 Å². The van der Waals surface area contributed by atoms with Crippen molar-refractivity contribution in [1.82, 2.24) is 15.8 Å². The van der Waals surface area contributed by atoms with E-state index in [0.717, 1.165) is 22.4 Å². The molecule has 0 saturated heterocycles. The number of hydrazine groups is 1. The molecular weight excluding hydrogens is 381 g/mol. The van der Waals surface area contributed by atoms with Crippen molar-refractivity contribution in [1.29, 1.82) is 0 Å². The van der Waals surface area contributed by atoms with Crippen molar-refractivity contribution >= 4 is 23.0 Å². The number of hydrogen-bond acceptors (Lipinski definition) is 2. The predicted molar refractivity (Wildman–Crippen MR) is 119 cm³/mol. The lowest BCUT2D eigenvalue weighted by atomic mass is 10.0. The van der Waals surface area contributed by atoms with Crippen LogP contribution in [0.3, 0.4) is 0 Å². The van der Waals surface area contributed by atoms with Crippen LogP contribution < -0.4 is 10.7 Å². The Morgan fingerprint density at radius 1 is 1.00 bits per heavy atom. The first kappa shape index (κ1) is 19.2. The quantitative estimate of drug-likeness (QED) is 0.592. The average Bonchev–Trinajstić information content (AvgIpc) is 3.19. The zero-order valence-electron chi connectivity index (χ0n) is 16.1. The summed E-state index contributed by atoms with van der Waals surface area (Å²) in [4.78, 5) is 0. The molecule has 0 fully saturated rings. The average molecular weight is 404 g/mol. The van der Waals surface area contributed by atoms with Gasteiger partial charge in [0.15, 0.2) is 5.11 Å². The van der Waals surface area contributed by atoms with Crippen molar-refractivity contribution in [2.75, 3.05) is 0 Å². The highest BCUT2D eigenvalue weighted by molar-refractivity contribution is 7.80. The van der Waals surface area contributed by atoms with E-state index < -0.39 is 0 Å². The molecule has 1 aliphatic heterocycles. The van der Waals surface area contributed by atoms with E-state index in [1.807, 2.05) is 23.2 Å². The highest BCUT2D eigenvalue weighted by Crippen LogP contribution is 2.31. The van der Waals surface area contributed by atoms with E-state index in [1.165, 1.54) is 17.7 Å². The molecule has 3 aromatic carbocycles. The van der Waals surface area contributed by atoms with Crippen LogP contribution in [0.2, 0.25) is 0 Å². The van der Waals surface area contributed by atoms with E-state index >= 15 is 0 Å². The Labute approximate surface area is 175 Å². The van der Waals surface area contributed by atoms with Crippen molar-refractivity contribution in [3.8, 4) is 0 Å². The molecular formula is C24H22FN3S. The van der Waals surface area contributed by atoms with Gasteiger partial charge in [0.1, 0.15) is 5.82 Å². The molecule has 3 nitrogen and oxygen atoms in total. The number of thiocarbonyl (C=S) groups is 1. The summed E-state index contributed by atoms with van der Waals surface area (Å²) in [6, 6.07) is 24.9. The van der Waals surface area contributed by atoms with Crippen molar-refractivity contribution in [3.63, 3.8) is 0 Å². The first-order chi connectivity index (χ1) is 14.1. The lowest BCUT2D eigenvalue weighted by Crippen LogP contribution is -2.45. The summed E-state index contributed by atoms with van der Waals surface area (Å²) in [5, 5.41) is 5.82. The fourth-order valence-electron chi connectivity index (χ4n) is 3.30. The van der Waals surface area contributed by atoms with Gasteiger partial charge in [-0.3, -0.25) is 10.4 Å². The van der Waals surface area contributed by atoms with Gasteiger partial charge in [0, 0.05) is 6.54 Å². The first-order valence-electron chi connectivity index (χ1n) is 9.52. The standard InChI is InChI=1S/C24H22FN3S/c1-17-7-9-19(10-8-17)22-15-23(20-11-13-21(25)14-12-20)28(27-22)24(29)26-16-18-5-3-2-4-6-18/h2-15,23,27H,16H2,1H3,(H,26,29)/t23-/m0/s1. The zero-order valence-corrected chi connectivity index (χ0v) is 16.9. The van der Waals surface area contributed by atoms with Gasteiger partial charge >= 0.3 is 0 Å². The molecule has 1 atom stereocenters. The number of nitrogens with zero attached hydrogens (tertiary/aromatic N) is 1. The molecule has 0 aromatic heterocycles. The van der Waals surface area contributed by atoms with E-state index in [4.69, 9.17) is 12.2 Å². The third-order valence-electron chi connectivity index (χ3n) is 4.92. The molecule has 0 aliphatic carbocycles. The van der Waals surface area contributed by atoms with Gasteiger partial charge in [-0.15, -0.1) is 0 Å². The minimum atomic E-state index is -0.251. The number of aryl methyl sites for hydroxylation is 1. The third kappa shape index (κ3) is 4.46. The molecule has 0 spiro atoms. The van der Waals surface area contributed by atoms with E-state index in [9.17, 15) is 4.39 Å². The van der Waals surface area contributed by atoms with Gasteiger partial charge in [0.2, 0.25) is 0 Å². The smallest absolute Gasteiger partial charge is 0.189 e. The van der Waals surface area contributed by atoms with Gasteiger partial charge in [-0.25, -0.2) is 4.39 Å². The second-order valence-corrected chi connectivity index (χ2v) is 7.46. The van der Waals surface area contributed by atoms with Gasteiger partial charge in [-0.05, 0) is 54.0 Å². The molecule has 2 N–H and O–H groups in total. The van der Waals surface area contributed by atoms with Gasteiger partial charge in [0.25, 0.3) is 0 Å². The summed E-state index contributed by atoms with van der Waals surface area (Å²) in [7, 11) is 0. The minimum Gasteiger partial charge on any atom is -0.357 e. The summed E-state index contributed by atoms with van der Waals surface area (Å²) in [5.74, 6) is -0.251. The lowest BCUT2D eigenvalue weighted by molar-refractivity contribution is 0.336. The van der Waals surface area contributed by atoms with Crippen LogP contribution in [0.15, 0.2) is 84.9 Å². The van der Waals surface area contributed by atoms with Crippen LogP contribution in [0.1, 0.15) is 28.3 Å². The zero-order chi connectivity index (χ0) is 20.2. The summed E-state index contributed by atoms with van der Waals surface area (Å²) >= 11 is 5.68. The van der Waals surface area contributed by atoms with E-state index in [2.05, 4.69) is 60.1 Å². The number of halogens is 1. The molecule has 29 heavy (non-hydrogen) atoms. The van der Waals surface area contributed by atoms with E-state index in [0.29, 0.717) is 11.7 Å². The lowest BCUT2D eigenvalue weighted by Gasteiger charge is -2.28. The number of hydrogen-bond donors (Lipinski definition) is 2. The number of benzene rings is 3. The van der Waals surface area contributed by atoms with Gasteiger partial charge in [0.05, 0.1) is 11.7 Å². The predicted octanol–water partition coefficient (Wildman–Crippen LogP) is 5.11. The Hall–Kier alpha value is -3.18. The molecule has 0 unspecified atom stereocenters. The van der Waals surface area contributed by atoms with Gasteiger partial charge in [-0.1, -0.05) is 72.3 Å². The van der Waals surface area contributed by atoms with E-state index in [-0.39, 0.29) is 11.9 Å². The normalized spacial score (nSPS) is 15.6. The van der Waals surface area contributed by atoms with Gasteiger partial charge < -0.3 is 5.32 Å². The topological polar surface area (TPSA) is 27.3 Å². The molecule has 0 radical (unpaired) electrons. The van der Waals surface area contributed by atoms with E-state index in [1.54, 1.807) is 12.1 Å². The SMILES string of the molecule is Cc1ccc(C2=C[C@@H](c3ccc(F)cc3)N(C(=S)NCc3ccccc3)N2)cc1. The third-order valence-corrected chi connectivity index (χ3v) is 5.26. The van der Waals surface area contributed by atoms with Crippen molar-refractivity contribution in [2.45, 2.75) is 19.5 Å². The highest BCUT2D eigenvalue weighted by Gasteiger charge is 2.28. The molecule has 0 bridgehead atoms.